The lowest BCUT2D eigenvalue weighted by Gasteiger charge is -2.37. The van der Waals surface area contributed by atoms with Crippen molar-refractivity contribution in [2.45, 2.75) is 26.7 Å². The van der Waals surface area contributed by atoms with Gasteiger partial charge in [0, 0.05) is 32.2 Å². The van der Waals surface area contributed by atoms with Crippen molar-refractivity contribution < 1.29 is 9.53 Å². The number of halogens is 2. The number of aromatic nitrogens is 1. The molecule has 3 heterocycles. The van der Waals surface area contributed by atoms with E-state index in [9.17, 15) is 4.79 Å². The Morgan fingerprint density at radius 2 is 1.96 bits per heavy atom. The summed E-state index contributed by atoms with van der Waals surface area (Å²) < 4.78 is 6.52. The average molecular weight is 470 g/mol. The van der Waals surface area contributed by atoms with Gasteiger partial charge in [-0.05, 0) is 45.8 Å². The number of rotatable bonds is 8. The van der Waals surface area contributed by atoms with Crippen molar-refractivity contribution in [2.24, 2.45) is 5.41 Å². The number of hydrogen-bond acceptors (Lipinski definition) is 7. The first kappa shape index (κ1) is 25.4. The highest BCUT2D eigenvalue weighted by Crippen LogP contribution is 2.35. The van der Waals surface area contributed by atoms with Gasteiger partial charge in [0.2, 0.25) is 0 Å². The van der Waals surface area contributed by atoms with Gasteiger partial charge in [-0.15, -0.1) is 36.2 Å². The lowest BCUT2D eigenvalue weighted by molar-refractivity contribution is 0.0512. The molecule has 1 fully saturated rings. The number of methoxy groups -OCH3 is 1. The quantitative estimate of drug-likeness (QED) is 0.616. The fourth-order valence-corrected chi connectivity index (χ4v) is 5.71. The SMILES string of the molecule is CCN(CC)c1nc2sc(C(=O)NCC3(COC)CCNCC3)cc2s1.Cl.Cl. The molecular weight excluding hydrogens is 439 g/mol. The van der Waals surface area contributed by atoms with Crippen LogP contribution in [0.2, 0.25) is 0 Å². The molecule has 3 rings (SSSR count). The van der Waals surface area contributed by atoms with Gasteiger partial charge in [0.15, 0.2) is 5.13 Å². The van der Waals surface area contributed by atoms with Gasteiger partial charge >= 0.3 is 0 Å². The van der Waals surface area contributed by atoms with Crippen molar-refractivity contribution in [3.63, 3.8) is 0 Å². The standard InChI is InChI=1S/C18H28N4O2S2.2ClH/c1-4-22(5-2)17-21-16-14(26-17)10-13(25-16)15(23)20-11-18(12-24-3)6-8-19-9-7-18;;/h10,19H,4-9,11-12H2,1-3H3,(H,20,23);2*1H. The van der Waals surface area contributed by atoms with Gasteiger partial charge in [-0.3, -0.25) is 4.79 Å². The van der Waals surface area contributed by atoms with Crippen LogP contribution in [0.25, 0.3) is 9.53 Å². The van der Waals surface area contributed by atoms with E-state index in [2.05, 4.69) is 29.4 Å². The molecule has 0 radical (unpaired) electrons. The predicted molar refractivity (Wildman–Crippen MR) is 124 cm³/mol. The number of carbonyl (C=O) groups is 1. The number of hydrogen-bond donors (Lipinski definition) is 2. The Hall–Kier alpha value is -0.640. The van der Waals surface area contributed by atoms with Gasteiger partial charge in [-0.25, -0.2) is 4.98 Å². The summed E-state index contributed by atoms with van der Waals surface area (Å²) in [6, 6.07) is 1.98. The summed E-state index contributed by atoms with van der Waals surface area (Å²) in [6.07, 6.45) is 2.05. The summed E-state index contributed by atoms with van der Waals surface area (Å²) in [5.41, 5.74) is 0.0402. The third kappa shape index (κ3) is 5.70. The van der Waals surface area contributed by atoms with Crippen molar-refractivity contribution >= 4 is 68.1 Å². The van der Waals surface area contributed by atoms with E-state index in [0.717, 1.165) is 58.6 Å². The molecule has 160 valence electrons. The summed E-state index contributed by atoms with van der Waals surface area (Å²) in [7, 11) is 1.73. The second kappa shape index (κ2) is 11.5. The molecule has 28 heavy (non-hydrogen) atoms. The first-order chi connectivity index (χ1) is 12.6. The highest BCUT2D eigenvalue weighted by molar-refractivity contribution is 7.29. The van der Waals surface area contributed by atoms with E-state index < -0.39 is 0 Å². The van der Waals surface area contributed by atoms with Crippen LogP contribution in [0, 0.1) is 5.41 Å². The summed E-state index contributed by atoms with van der Waals surface area (Å²) in [5, 5.41) is 7.55. The highest BCUT2D eigenvalue weighted by Gasteiger charge is 2.32. The Bertz CT molecular complexity index is 706. The van der Waals surface area contributed by atoms with Crippen LogP contribution < -0.4 is 15.5 Å². The van der Waals surface area contributed by atoms with Crippen molar-refractivity contribution in [3.8, 4) is 0 Å². The molecule has 1 saturated heterocycles. The minimum Gasteiger partial charge on any atom is -0.384 e. The van der Waals surface area contributed by atoms with E-state index in [1.165, 1.54) is 11.3 Å². The average Bonchev–Trinajstić information content (AvgIpc) is 3.21. The smallest absolute Gasteiger partial charge is 0.261 e. The molecule has 1 aliphatic rings. The number of fused-ring (bicyclic) bond motifs is 1. The Morgan fingerprint density at radius 3 is 2.54 bits per heavy atom. The third-order valence-electron chi connectivity index (χ3n) is 5.07. The number of piperidine rings is 1. The summed E-state index contributed by atoms with van der Waals surface area (Å²) >= 11 is 3.14. The summed E-state index contributed by atoms with van der Waals surface area (Å²) in [6.45, 7) is 9.46. The van der Waals surface area contributed by atoms with Crippen LogP contribution in [0.5, 0.6) is 0 Å². The number of amides is 1. The van der Waals surface area contributed by atoms with Crippen LogP contribution in [0.3, 0.4) is 0 Å². The first-order valence-electron chi connectivity index (χ1n) is 9.24. The van der Waals surface area contributed by atoms with Crippen LogP contribution in [0.15, 0.2) is 6.07 Å². The second-order valence-electron chi connectivity index (χ2n) is 6.81. The van der Waals surface area contributed by atoms with Crippen molar-refractivity contribution in [1.29, 1.82) is 0 Å². The molecule has 0 bridgehead atoms. The van der Waals surface area contributed by atoms with Crippen LogP contribution in [0.4, 0.5) is 5.13 Å². The molecule has 2 aromatic rings. The monoisotopic (exact) mass is 468 g/mol. The number of anilines is 1. The van der Waals surface area contributed by atoms with Crippen LogP contribution in [0.1, 0.15) is 36.4 Å². The molecule has 0 aliphatic carbocycles. The molecule has 0 saturated carbocycles. The maximum Gasteiger partial charge on any atom is 0.261 e. The number of thiophene rings is 1. The largest absolute Gasteiger partial charge is 0.384 e. The molecule has 1 aliphatic heterocycles. The highest BCUT2D eigenvalue weighted by atomic mass is 35.5. The number of nitrogens with one attached hydrogen (secondary N) is 2. The van der Waals surface area contributed by atoms with Gasteiger partial charge in [0.05, 0.1) is 16.2 Å². The number of carbonyl (C=O) groups excluding carboxylic acids is 1. The van der Waals surface area contributed by atoms with Crippen LogP contribution >= 0.6 is 47.5 Å². The van der Waals surface area contributed by atoms with E-state index in [0.29, 0.717) is 13.2 Å². The number of ether oxygens (including phenoxy) is 1. The Morgan fingerprint density at radius 1 is 1.29 bits per heavy atom. The third-order valence-corrected chi connectivity index (χ3v) is 7.29. The zero-order valence-electron chi connectivity index (χ0n) is 16.6. The molecule has 2 N–H and O–H groups in total. The molecule has 10 heteroatoms. The topological polar surface area (TPSA) is 66.5 Å². The van der Waals surface area contributed by atoms with Crippen molar-refractivity contribution in [1.82, 2.24) is 15.6 Å². The molecule has 6 nitrogen and oxygen atoms in total. The normalized spacial score (nSPS) is 15.5. The molecule has 0 unspecified atom stereocenters. The molecular formula is C18H30Cl2N4O2S2. The Labute approximate surface area is 187 Å². The Balaban J connectivity index is 0.00000196. The fourth-order valence-electron chi connectivity index (χ4n) is 3.46. The first-order valence-corrected chi connectivity index (χ1v) is 10.9. The lowest BCUT2D eigenvalue weighted by atomic mass is 9.79. The van der Waals surface area contributed by atoms with Gasteiger partial charge in [-0.1, -0.05) is 11.3 Å². The maximum absolute atomic E-state index is 12.6. The van der Waals surface area contributed by atoms with Crippen molar-refractivity contribution in [3.05, 3.63) is 10.9 Å². The lowest BCUT2D eigenvalue weighted by Crippen LogP contribution is -2.47. The van der Waals surface area contributed by atoms with E-state index >= 15 is 0 Å². The van der Waals surface area contributed by atoms with Gasteiger partial charge in [0.25, 0.3) is 5.91 Å². The Kier molecular flexibility index (Phi) is 10.4. The van der Waals surface area contributed by atoms with E-state index in [-0.39, 0.29) is 36.1 Å². The zero-order valence-corrected chi connectivity index (χ0v) is 19.8. The van der Waals surface area contributed by atoms with Crippen LogP contribution in [-0.4, -0.2) is 57.3 Å². The van der Waals surface area contributed by atoms with E-state index in [1.54, 1.807) is 18.4 Å². The fraction of sp³-hybridized carbons (Fsp3) is 0.667. The van der Waals surface area contributed by atoms with E-state index in [4.69, 9.17) is 9.72 Å². The number of thiazole rings is 1. The molecule has 0 aromatic carbocycles. The van der Waals surface area contributed by atoms with E-state index in [1.807, 2.05) is 6.07 Å². The molecule has 2 aromatic heterocycles. The number of nitrogens with zero attached hydrogens (tertiary/aromatic N) is 2. The minimum absolute atomic E-state index is 0. The van der Waals surface area contributed by atoms with Crippen LogP contribution in [-0.2, 0) is 4.74 Å². The van der Waals surface area contributed by atoms with Gasteiger partial charge in [0.1, 0.15) is 4.83 Å². The molecule has 1 amide bonds. The van der Waals surface area contributed by atoms with Gasteiger partial charge in [-0.2, -0.15) is 0 Å². The zero-order chi connectivity index (χ0) is 18.6. The minimum atomic E-state index is -0.00130. The predicted octanol–water partition coefficient (Wildman–Crippen LogP) is 3.79. The summed E-state index contributed by atoms with van der Waals surface area (Å²) in [4.78, 5) is 21.3. The molecule has 0 spiro atoms. The van der Waals surface area contributed by atoms with Gasteiger partial charge < -0.3 is 20.3 Å². The summed E-state index contributed by atoms with van der Waals surface area (Å²) in [5.74, 6) is -0.00130. The second-order valence-corrected chi connectivity index (χ2v) is 8.85. The van der Waals surface area contributed by atoms with Crippen molar-refractivity contribution in [2.75, 3.05) is 51.3 Å². The molecule has 0 atom stereocenters. The maximum atomic E-state index is 12.6.